The van der Waals surface area contributed by atoms with Crippen molar-refractivity contribution in [3.8, 4) is 0 Å². The SMILES string of the molecule is CC(C)c1ccc(/C=C(\C(=O)O)c2ccc(N)cc2)cc1. The van der Waals surface area contributed by atoms with E-state index in [2.05, 4.69) is 13.8 Å². The molecule has 0 saturated heterocycles. The molecule has 2 rings (SSSR count). The van der Waals surface area contributed by atoms with Crippen LogP contribution in [-0.4, -0.2) is 11.1 Å². The highest BCUT2D eigenvalue weighted by Gasteiger charge is 2.10. The number of aliphatic carboxylic acids is 1. The summed E-state index contributed by atoms with van der Waals surface area (Å²) in [4.78, 5) is 11.5. The van der Waals surface area contributed by atoms with Gasteiger partial charge >= 0.3 is 5.97 Å². The number of hydrogen-bond donors (Lipinski definition) is 2. The van der Waals surface area contributed by atoms with Gasteiger partial charge in [-0.05, 0) is 40.8 Å². The van der Waals surface area contributed by atoms with Crippen LogP contribution in [-0.2, 0) is 4.79 Å². The summed E-state index contributed by atoms with van der Waals surface area (Å²) in [7, 11) is 0. The summed E-state index contributed by atoms with van der Waals surface area (Å²) in [5.41, 5.74) is 9.25. The molecule has 21 heavy (non-hydrogen) atoms. The molecule has 108 valence electrons. The van der Waals surface area contributed by atoms with Gasteiger partial charge in [-0.1, -0.05) is 50.2 Å². The molecule has 0 atom stereocenters. The summed E-state index contributed by atoms with van der Waals surface area (Å²) in [5, 5.41) is 9.40. The van der Waals surface area contributed by atoms with Crippen molar-refractivity contribution in [2.75, 3.05) is 5.73 Å². The van der Waals surface area contributed by atoms with Gasteiger partial charge in [0.15, 0.2) is 0 Å². The maximum atomic E-state index is 11.5. The van der Waals surface area contributed by atoms with E-state index >= 15 is 0 Å². The number of nitrogen functional groups attached to an aromatic ring is 1. The number of benzene rings is 2. The lowest BCUT2D eigenvalue weighted by Gasteiger charge is -2.07. The van der Waals surface area contributed by atoms with Crippen molar-refractivity contribution in [3.63, 3.8) is 0 Å². The molecule has 0 aliphatic rings. The zero-order chi connectivity index (χ0) is 15.4. The van der Waals surface area contributed by atoms with Gasteiger partial charge in [-0.2, -0.15) is 0 Å². The third-order valence-corrected chi connectivity index (χ3v) is 3.37. The van der Waals surface area contributed by atoms with E-state index in [0.29, 0.717) is 17.2 Å². The Bertz CT molecular complexity index is 653. The number of carbonyl (C=O) groups is 1. The molecule has 0 saturated carbocycles. The van der Waals surface area contributed by atoms with E-state index < -0.39 is 5.97 Å². The average molecular weight is 281 g/mol. The van der Waals surface area contributed by atoms with Crippen molar-refractivity contribution in [1.82, 2.24) is 0 Å². The molecular formula is C18H19NO2. The van der Waals surface area contributed by atoms with Gasteiger partial charge < -0.3 is 10.8 Å². The summed E-state index contributed by atoms with van der Waals surface area (Å²) in [6.45, 7) is 4.25. The third-order valence-electron chi connectivity index (χ3n) is 3.37. The predicted octanol–water partition coefficient (Wildman–Crippen LogP) is 4.02. The van der Waals surface area contributed by atoms with Gasteiger partial charge in [0, 0.05) is 5.69 Å². The Hall–Kier alpha value is -2.55. The molecule has 0 amide bonds. The second kappa shape index (κ2) is 6.27. The quantitative estimate of drug-likeness (QED) is 0.505. The summed E-state index contributed by atoms with van der Waals surface area (Å²) in [6.07, 6.45) is 1.68. The molecule has 3 N–H and O–H groups in total. The number of carboxylic acid groups (broad SMARTS) is 1. The highest BCUT2D eigenvalue weighted by Crippen LogP contribution is 2.21. The zero-order valence-electron chi connectivity index (χ0n) is 12.2. The largest absolute Gasteiger partial charge is 0.478 e. The molecule has 0 unspecified atom stereocenters. The molecule has 0 spiro atoms. The van der Waals surface area contributed by atoms with E-state index in [0.717, 1.165) is 5.56 Å². The van der Waals surface area contributed by atoms with E-state index in [1.807, 2.05) is 24.3 Å². The number of nitrogens with two attached hydrogens (primary N) is 1. The molecule has 0 heterocycles. The van der Waals surface area contributed by atoms with Crippen molar-refractivity contribution in [1.29, 1.82) is 0 Å². The average Bonchev–Trinajstić information content (AvgIpc) is 2.46. The molecule has 3 heteroatoms. The van der Waals surface area contributed by atoms with Crippen molar-refractivity contribution in [2.45, 2.75) is 19.8 Å². The minimum absolute atomic E-state index is 0.257. The Kier molecular flexibility index (Phi) is 4.43. The molecule has 0 radical (unpaired) electrons. The van der Waals surface area contributed by atoms with Crippen molar-refractivity contribution < 1.29 is 9.90 Å². The third kappa shape index (κ3) is 3.72. The summed E-state index contributed by atoms with van der Waals surface area (Å²) in [6, 6.07) is 14.8. The van der Waals surface area contributed by atoms with Crippen LogP contribution in [0, 0.1) is 0 Å². The maximum Gasteiger partial charge on any atom is 0.336 e. The van der Waals surface area contributed by atoms with Crippen LogP contribution in [0.15, 0.2) is 48.5 Å². The van der Waals surface area contributed by atoms with Gasteiger partial charge in [0.05, 0.1) is 5.57 Å². The number of rotatable bonds is 4. The van der Waals surface area contributed by atoms with Crippen molar-refractivity contribution in [3.05, 3.63) is 65.2 Å². The van der Waals surface area contributed by atoms with Gasteiger partial charge in [0.1, 0.15) is 0 Å². The summed E-state index contributed by atoms with van der Waals surface area (Å²) < 4.78 is 0. The van der Waals surface area contributed by atoms with Crippen LogP contribution in [0.2, 0.25) is 0 Å². The Labute approximate surface area is 124 Å². The fourth-order valence-corrected chi connectivity index (χ4v) is 2.08. The molecule has 2 aromatic rings. The van der Waals surface area contributed by atoms with E-state index in [1.165, 1.54) is 5.56 Å². The minimum atomic E-state index is -0.951. The van der Waals surface area contributed by atoms with Gasteiger partial charge in [0.2, 0.25) is 0 Å². The second-order valence-corrected chi connectivity index (χ2v) is 5.31. The predicted molar refractivity (Wildman–Crippen MR) is 86.9 cm³/mol. The second-order valence-electron chi connectivity index (χ2n) is 5.31. The van der Waals surface area contributed by atoms with Crippen LogP contribution in [0.5, 0.6) is 0 Å². The van der Waals surface area contributed by atoms with E-state index in [9.17, 15) is 9.90 Å². The molecule has 3 nitrogen and oxygen atoms in total. The first-order valence-electron chi connectivity index (χ1n) is 6.88. The van der Waals surface area contributed by atoms with Crippen molar-refractivity contribution in [2.24, 2.45) is 0 Å². The standard InChI is InChI=1S/C18H19NO2/c1-12(2)14-5-3-13(4-6-14)11-17(18(20)21)15-7-9-16(19)10-8-15/h3-12H,19H2,1-2H3,(H,20,21)/b17-11-. The van der Waals surface area contributed by atoms with Crippen LogP contribution in [0.3, 0.4) is 0 Å². The zero-order valence-corrected chi connectivity index (χ0v) is 12.2. The van der Waals surface area contributed by atoms with Gasteiger partial charge in [-0.15, -0.1) is 0 Å². The van der Waals surface area contributed by atoms with Gasteiger partial charge in [-0.25, -0.2) is 4.79 Å². The first-order chi connectivity index (χ1) is 9.97. The lowest BCUT2D eigenvalue weighted by molar-refractivity contribution is -0.130. The van der Waals surface area contributed by atoms with Gasteiger partial charge in [0.25, 0.3) is 0 Å². The highest BCUT2D eigenvalue weighted by molar-refractivity contribution is 6.20. The minimum Gasteiger partial charge on any atom is -0.478 e. The number of carboxylic acids is 1. The van der Waals surface area contributed by atoms with Crippen LogP contribution < -0.4 is 5.73 Å². The van der Waals surface area contributed by atoms with E-state index in [4.69, 9.17) is 5.73 Å². The first-order valence-corrected chi connectivity index (χ1v) is 6.88. The Morgan fingerprint density at radius 3 is 2.10 bits per heavy atom. The smallest absolute Gasteiger partial charge is 0.336 e. The Morgan fingerprint density at radius 1 is 1.05 bits per heavy atom. The van der Waals surface area contributed by atoms with Crippen LogP contribution in [0.4, 0.5) is 5.69 Å². The van der Waals surface area contributed by atoms with E-state index in [1.54, 1.807) is 30.3 Å². The molecule has 0 bridgehead atoms. The van der Waals surface area contributed by atoms with Crippen molar-refractivity contribution >= 4 is 23.3 Å². The topological polar surface area (TPSA) is 63.3 Å². The van der Waals surface area contributed by atoms with Gasteiger partial charge in [-0.3, -0.25) is 0 Å². The Balaban J connectivity index is 2.37. The molecule has 0 fully saturated rings. The summed E-state index contributed by atoms with van der Waals surface area (Å²) >= 11 is 0. The molecule has 0 aliphatic carbocycles. The maximum absolute atomic E-state index is 11.5. The summed E-state index contributed by atoms with van der Waals surface area (Å²) in [5.74, 6) is -0.494. The first kappa shape index (κ1) is 14.9. The monoisotopic (exact) mass is 281 g/mol. The Morgan fingerprint density at radius 2 is 1.62 bits per heavy atom. The fourth-order valence-electron chi connectivity index (χ4n) is 2.08. The lowest BCUT2D eigenvalue weighted by atomic mass is 9.99. The molecule has 0 aromatic heterocycles. The number of anilines is 1. The highest BCUT2D eigenvalue weighted by atomic mass is 16.4. The fraction of sp³-hybridized carbons (Fsp3) is 0.167. The lowest BCUT2D eigenvalue weighted by Crippen LogP contribution is -2.00. The molecule has 2 aromatic carbocycles. The number of hydrogen-bond acceptors (Lipinski definition) is 2. The normalized spacial score (nSPS) is 11.7. The van der Waals surface area contributed by atoms with Crippen LogP contribution >= 0.6 is 0 Å². The molecule has 0 aliphatic heterocycles. The van der Waals surface area contributed by atoms with Crippen LogP contribution in [0.25, 0.3) is 11.6 Å². The van der Waals surface area contributed by atoms with E-state index in [-0.39, 0.29) is 5.57 Å². The van der Waals surface area contributed by atoms with Crippen LogP contribution in [0.1, 0.15) is 36.5 Å². The molecular weight excluding hydrogens is 262 g/mol.